The number of amides is 1. The van der Waals surface area contributed by atoms with Crippen LogP contribution in [0.1, 0.15) is 55.8 Å². The zero-order chi connectivity index (χ0) is 15.1. The number of hydrogen-bond donors (Lipinski definition) is 2. The van der Waals surface area contributed by atoms with Crippen molar-refractivity contribution < 1.29 is 9.18 Å². The topological polar surface area (TPSA) is 54.0 Å². The van der Waals surface area contributed by atoms with Crippen LogP contribution >= 0.6 is 0 Å². The number of carbonyl (C=O) groups excluding carboxylic acids is 1. The van der Waals surface area contributed by atoms with Gasteiger partial charge in [0.2, 0.25) is 0 Å². The molecule has 4 nitrogen and oxygen atoms in total. The van der Waals surface area contributed by atoms with E-state index in [4.69, 9.17) is 0 Å². The van der Waals surface area contributed by atoms with E-state index in [-0.39, 0.29) is 11.5 Å². The summed E-state index contributed by atoms with van der Waals surface area (Å²) < 4.78 is 13.3. The maximum atomic E-state index is 13.3. The molecule has 21 heavy (non-hydrogen) atoms. The molecule has 1 amide bonds. The second-order valence-corrected chi connectivity index (χ2v) is 5.67. The quantitative estimate of drug-likeness (QED) is 0.810. The Balaban J connectivity index is 1.91. The lowest BCUT2D eigenvalue weighted by molar-refractivity contribution is 0.0951. The van der Waals surface area contributed by atoms with Gasteiger partial charge in [-0.3, -0.25) is 4.79 Å². The van der Waals surface area contributed by atoms with Crippen molar-refractivity contribution in [1.29, 1.82) is 0 Å². The third-order valence-electron chi connectivity index (χ3n) is 3.95. The average Bonchev–Trinajstić information content (AvgIpc) is 2.99. The van der Waals surface area contributed by atoms with Crippen molar-refractivity contribution in [3.8, 4) is 0 Å². The van der Waals surface area contributed by atoms with Crippen molar-refractivity contribution in [2.24, 2.45) is 5.92 Å². The molecule has 1 aromatic rings. The Hall–Kier alpha value is -1.65. The van der Waals surface area contributed by atoms with Gasteiger partial charge in [-0.2, -0.15) is 0 Å². The van der Waals surface area contributed by atoms with Gasteiger partial charge in [0.15, 0.2) is 0 Å². The summed E-state index contributed by atoms with van der Waals surface area (Å²) >= 11 is 0. The molecule has 0 aliphatic heterocycles. The normalized spacial score (nSPS) is 15.1. The lowest BCUT2D eigenvalue weighted by Gasteiger charge is -2.12. The molecule has 2 rings (SSSR count). The number of rotatable bonds is 7. The van der Waals surface area contributed by atoms with E-state index >= 15 is 0 Å². The Morgan fingerprint density at radius 2 is 2.14 bits per heavy atom. The van der Waals surface area contributed by atoms with Crippen LogP contribution in [0.5, 0.6) is 0 Å². The lowest BCUT2D eigenvalue weighted by Crippen LogP contribution is -2.27. The summed E-state index contributed by atoms with van der Waals surface area (Å²) in [5.41, 5.74) is 0.287. The maximum absolute atomic E-state index is 13.3. The van der Waals surface area contributed by atoms with Crippen molar-refractivity contribution in [2.75, 3.05) is 18.4 Å². The van der Waals surface area contributed by atoms with Crippen LogP contribution in [-0.2, 0) is 0 Å². The highest BCUT2D eigenvalue weighted by Gasteiger charge is 2.17. The molecule has 0 atom stereocenters. The minimum absolute atomic E-state index is 0.251. The minimum atomic E-state index is -0.488. The zero-order valence-electron chi connectivity index (χ0n) is 12.6. The molecular weight excluding hydrogens is 269 g/mol. The molecule has 2 N–H and O–H groups in total. The number of aromatic nitrogens is 1. The van der Waals surface area contributed by atoms with Gasteiger partial charge in [0, 0.05) is 13.1 Å². The highest BCUT2D eigenvalue weighted by atomic mass is 19.1. The molecule has 0 unspecified atom stereocenters. The number of pyridine rings is 1. The monoisotopic (exact) mass is 293 g/mol. The van der Waals surface area contributed by atoms with Gasteiger partial charge in [0.05, 0.1) is 11.8 Å². The second-order valence-electron chi connectivity index (χ2n) is 5.67. The number of carbonyl (C=O) groups is 1. The molecule has 5 heteroatoms. The first-order valence-electron chi connectivity index (χ1n) is 7.88. The smallest absolute Gasteiger partial charge is 0.255 e. The fraction of sp³-hybridized carbons (Fsp3) is 0.625. The summed E-state index contributed by atoms with van der Waals surface area (Å²) in [6.07, 6.45) is 8.19. The van der Waals surface area contributed by atoms with Gasteiger partial charge < -0.3 is 10.6 Å². The Labute approximate surface area is 125 Å². The van der Waals surface area contributed by atoms with Crippen molar-refractivity contribution >= 4 is 11.7 Å². The third kappa shape index (κ3) is 4.69. The Morgan fingerprint density at radius 1 is 1.38 bits per heavy atom. The van der Waals surface area contributed by atoms with Gasteiger partial charge >= 0.3 is 0 Å². The first-order valence-corrected chi connectivity index (χ1v) is 7.88. The molecule has 1 saturated carbocycles. The summed E-state index contributed by atoms with van der Waals surface area (Å²) in [5, 5.41) is 5.95. The zero-order valence-corrected chi connectivity index (χ0v) is 12.6. The molecule has 1 aliphatic carbocycles. The summed E-state index contributed by atoms with van der Waals surface area (Å²) in [7, 11) is 0. The molecule has 1 aliphatic rings. The van der Waals surface area contributed by atoms with Gasteiger partial charge in [0.1, 0.15) is 11.6 Å². The van der Waals surface area contributed by atoms with E-state index in [2.05, 4.69) is 15.6 Å². The summed E-state index contributed by atoms with van der Waals surface area (Å²) in [5.74, 6) is 0.446. The first kappa shape index (κ1) is 15.7. The highest BCUT2D eigenvalue weighted by Crippen LogP contribution is 2.27. The highest BCUT2D eigenvalue weighted by molar-refractivity contribution is 5.98. The molecule has 1 heterocycles. The molecule has 1 fully saturated rings. The minimum Gasteiger partial charge on any atom is -0.369 e. The fourth-order valence-electron chi connectivity index (χ4n) is 2.78. The van der Waals surface area contributed by atoms with Crippen LogP contribution in [0.15, 0.2) is 12.3 Å². The Bertz CT molecular complexity index is 473. The standard InChI is InChI=1S/C16H24FN3O/c1-2-8-18-15-14(10-13(17)11-20-15)16(21)19-9-7-12-5-3-4-6-12/h10-12H,2-9H2,1H3,(H,18,20)(H,19,21). The van der Waals surface area contributed by atoms with Gasteiger partial charge in [-0.15, -0.1) is 0 Å². The number of anilines is 1. The second kappa shape index (κ2) is 7.96. The van der Waals surface area contributed by atoms with Gasteiger partial charge in [0.25, 0.3) is 5.91 Å². The van der Waals surface area contributed by atoms with Gasteiger partial charge in [-0.1, -0.05) is 32.6 Å². The van der Waals surface area contributed by atoms with Gasteiger partial charge in [-0.25, -0.2) is 9.37 Å². The molecule has 0 aromatic carbocycles. The Kier molecular flexibility index (Phi) is 5.96. The lowest BCUT2D eigenvalue weighted by atomic mass is 10.0. The summed E-state index contributed by atoms with van der Waals surface area (Å²) in [6.45, 7) is 3.38. The van der Waals surface area contributed by atoms with E-state index in [9.17, 15) is 9.18 Å². The van der Waals surface area contributed by atoms with E-state index in [1.807, 2.05) is 6.92 Å². The number of nitrogens with one attached hydrogen (secondary N) is 2. The molecule has 0 radical (unpaired) electrons. The van der Waals surface area contributed by atoms with Crippen LogP contribution in [0.25, 0.3) is 0 Å². The molecular formula is C16H24FN3O. The van der Waals surface area contributed by atoms with Gasteiger partial charge in [-0.05, 0) is 24.8 Å². The number of nitrogens with zero attached hydrogens (tertiary/aromatic N) is 1. The molecule has 1 aromatic heterocycles. The molecule has 116 valence electrons. The predicted octanol–water partition coefficient (Wildman–Crippen LogP) is 3.35. The Morgan fingerprint density at radius 3 is 2.86 bits per heavy atom. The van der Waals surface area contributed by atoms with Crippen molar-refractivity contribution in [2.45, 2.75) is 45.4 Å². The number of halogens is 1. The van der Waals surface area contributed by atoms with E-state index in [0.29, 0.717) is 18.9 Å². The predicted molar refractivity (Wildman–Crippen MR) is 81.9 cm³/mol. The van der Waals surface area contributed by atoms with Crippen LogP contribution in [-0.4, -0.2) is 24.0 Å². The van der Waals surface area contributed by atoms with Crippen molar-refractivity contribution in [1.82, 2.24) is 10.3 Å². The van der Waals surface area contributed by atoms with Crippen LogP contribution < -0.4 is 10.6 Å². The molecule has 0 saturated heterocycles. The fourth-order valence-corrected chi connectivity index (χ4v) is 2.78. The maximum Gasteiger partial charge on any atom is 0.255 e. The summed E-state index contributed by atoms with van der Waals surface area (Å²) in [6, 6.07) is 1.25. The SMILES string of the molecule is CCCNc1ncc(F)cc1C(=O)NCCC1CCCC1. The summed E-state index contributed by atoms with van der Waals surface area (Å²) in [4.78, 5) is 16.2. The van der Waals surface area contributed by atoms with Crippen LogP contribution in [0.2, 0.25) is 0 Å². The van der Waals surface area contributed by atoms with E-state index < -0.39 is 5.82 Å². The van der Waals surface area contributed by atoms with Crippen LogP contribution in [0, 0.1) is 11.7 Å². The van der Waals surface area contributed by atoms with Crippen LogP contribution in [0.4, 0.5) is 10.2 Å². The van der Waals surface area contributed by atoms with E-state index in [0.717, 1.165) is 25.0 Å². The first-order chi connectivity index (χ1) is 10.2. The van der Waals surface area contributed by atoms with Crippen molar-refractivity contribution in [3.05, 3.63) is 23.6 Å². The van der Waals surface area contributed by atoms with E-state index in [1.54, 1.807) is 0 Å². The largest absolute Gasteiger partial charge is 0.369 e. The molecule has 0 bridgehead atoms. The number of hydrogen-bond acceptors (Lipinski definition) is 3. The molecule has 0 spiro atoms. The average molecular weight is 293 g/mol. The van der Waals surface area contributed by atoms with Crippen LogP contribution in [0.3, 0.4) is 0 Å². The van der Waals surface area contributed by atoms with E-state index in [1.165, 1.54) is 31.7 Å². The third-order valence-corrected chi connectivity index (χ3v) is 3.95. The van der Waals surface area contributed by atoms with Crippen molar-refractivity contribution in [3.63, 3.8) is 0 Å².